The van der Waals surface area contributed by atoms with Crippen molar-refractivity contribution in [3.63, 3.8) is 0 Å². The molecule has 0 amide bonds. The average molecular weight is 370 g/mol. The summed E-state index contributed by atoms with van der Waals surface area (Å²) in [6, 6.07) is 7.82. The largest absolute Gasteiger partial charge is 0.342 e. The van der Waals surface area contributed by atoms with Gasteiger partial charge in [-0.05, 0) is 29.4 Å². The molecule has 4 rings (SSSR count). The first-order chi connectivity index (χ1) is 12.3. The topological polar surface area (TPSA) is 57.8 Å². The molecule has 0 bridgehead atoms. The van der Waals surface area contributed by atoms with Gasteiger partial charge in [-0.25, -0.2) is 0 Å². The molecule has 0 radical (unpaired) electrons. The zero-order valence-corrected chi connectivity index (χ0v) is 16.4. The summed E-state index contributed by atoms with van der Waals surface area (Å²) in [5, 5.41) is 11.8. The number of fused-ring (bicyclic) bond motifs is 1. The van der Waals surface area contributed by atoms with Crippen LogP contribution in [0.1, 0.15) is 69.2 Å². The number of rotatable bonds is 2. The molecule has 1 aliphatic carbocycles. The molecule has 1 aromatic heterocycles. The number of carbonyl (C=O) groups excluding carboxylic acids is 1. The fourth-order valence-corrected chi connectivity index (χ4v) is 4.53. The summed E-state index contributed by atoms with van der Waals surface area (Å²) in [6.07, 6.45) is 1.39. The maximum absolute atomic E-state index is 13.2. The number of halogens is 1. The van der Waals surface area contributed by atoms with Gasteiger partial charge in [0, 0.05) is 39.9 Å². The SMILES string of the molecule is CC(C)c1[nH]nc2c1[C@@H](c1ccccc1Cl)C1=C(CC(C)(C)CC1=O)N2. The maximum atomic E-state index is 13.2. The molecule has 5 heteroatoms. The van der Waals surface area contributed by atoms with Gasteiger partial charge in [-0.15, -0.1) is 0 Å². The van der Waals surface area contributed by atoms with Crippen molar-refractivity contribution in [1.29, 1.82) is 0 Å². The molecular formula is C21H24ClN3O. The first kappa shape index (κ1) is 17.3. The monoisotopic (exact) mass is 369 g/mol. The quantitative estimate of drug-likeness (QED) is 0.746. The van der Waals surface area contributed by atoms with E-state index in [2.05, 4.69) is 43.2 Å². The number of allylic oxidation sites excluding steroid dienone is 2. The van der Waals surface area contributed by atoms with Crippen LogP contribution in [0, 0.1) is 5.41 Å². The van der Waals surface area contributed by atoms with E-state index >= 15 is 0 Å². The van der Waals surface area contributed by atoms with Gasteiger partial charge in [-0.3, -0.25) is 9.89 Å². The predicted octanol–water partition coefficient (Wildman–Crippen LogP) is 5.39. The third kappa shape index (κ3) is 2.67. The van der Waals surface area contributed by atoms with E-state index in [1.165, 1.54) is 0 Å². The van der Waals surface area contributed by atoms with Crippen molar-refractivity contribution < 1.29 is 4.79 Å². The highest BCUT2D eigenvalue weighted by Crippen LogP contribution is 2.51. The Hall–Kier alpha value is -2.07. The molecule has 2 heterocycles. The van der Waals surface area contributed by atoms with Crippen LogP contribution in [0.15, 0.2) is 35.5 Å². The molecule has 2 aromatic rings. The second-order valence-corrected chi connectivity index (χ2v) is 8.87. The lowest BCUT2D eigenvalue weighted by Gasteiger charge is -2.38. The summed E-state index contributed by atoms with van der Waals surface area (Å²) >= 11 is 6.57. The predicted molar refractivity (Wildman–Crippen MR) is 105 cm³/mol. The van der Waals surface area contributed by atoms with Gasteiger partial charge < -0.3 is 5.32 Å². The second-order valence-electron chi connectivity index (χ2n) is 8.47. The van der Waals surface area contributed by atoms with Crippen LogP contribution in [0.2, 0.25) is 5.02 Å². The van der Waals surface area contributed by atoms with E-state index < -0.39 is 0 Å². The van der Waals surface area contributed by atoms with Gasteiger partial charge in [-0.2, -0.15) is 5.10 Å². The lowest BCUT2D eigenvalue weighted by molar-refractivity contribution is -0.118. The van der Waals surface area contributed by atoms with Crippen LogP contribution in [0.3, 0.4) is 0 Å². The van der Waals surface area contributed by atoms with Crippen LogP contribution in [-0.4, -0.2) is 16.0 Å². The van der Waals surface area contributed by atoms with Crippen LogP contribution in [0.4, 0.5) is 5.82 Å². The van der Waals surface area contributed by atoms with Crippen molar-refractivity contribution in [3.05, 3.63) is 57.4 Å². The Bertz CT molecular complexity index is 923. The molecule has 0 spiro atoms. The Balaban J connectivity index is 1.98. The number of aromatic amines is 1. The third-order valence-corrected chi connectivity index (χ3v) is 5.74. The minimum atomic E-state index is -0.172. The Morgan fingerprint density at radius 3 is 2.65 bits per heavy atom. The number of aromatic nitrogens is 2. The molecular weight excluding hydrogens is 346 g/mol. The number of ketones is 1. The fraction of sp³-hybridized carbons (Fsp3) is 0.429. The minimum Gasteiger partial charge on any atom is -0.342 e. The molecule has 0 fully saturated rings. The number of anilines is 1. The Morgan fingerprint density at radius 2 is 1.96 bits per heavy atom. The fourth-order valence-electron chi connectivity index (χ4n) is 4.28. The van der Waals surface area contributed by atoms with Crippen LogP contribution >= 0.6 is 11.6 Å². The molecule has 1 aromatic carbocycles. The smallest absolute Gasteiger partial charge is 0.162 e. The number of carbonyl (C=O) groups is 1. The summed E-state index contributed by atoms with van der Waals surface area (Å²) in [6.45, 7) is 8.54. The minimum absolute atomic E-state index is 0.0529. The van der Waals surface area contributed by atoms with Crippen LogP contribution in [0.25, 0.3) is 0 Å². The highest BCUT2D eigenvalue weighted by atomic mass is 35.5. The van der Waals surface area contributed by atoms with Gasteiger partial charge in [0.05, 0.1) is 0 Å². The maximum Gasteiger partial charge on any atom is 0.162 e. The number of hydrogen-bond acceptors (Lipinski definition) is 3. The Kier molecular flexibility index (Phi) is 3.99. The van der Waals surface area contributed by atoms with Crippen molar-refractivity contribution in [2.45, 2.75) is 52.4 Å². The first-order valence-electron chi connectivity index (χ1n) is 9.14. The standard InChI is InChI=1S/C21H24ClN3O/c1-11(2)19-18-16(12-7-5-6-8-13(12)22)17-14(23-20(18)25-24-19)9-21(3,4)10-15(17)26/h5-8,11,16H,9-10H2,1-4H3,(H2,23,24,25)/t16-/m0/s1. The zero-order chi connectivity index (χ0) is 18.6. The van der Waals surface area contributed by atoms with Gasteiger partial charge in [0.15, 0.2) is 11.6 Å². The van der Waals surface area contributed by atoms with Gasteiger partial charge in [0.25, 0.3) is 0 Å². The Labute approximate surface area is 159 Å². The van der Waals surface area contributed by atoms with E-state index in [1.54, 1.807) is 0 Å². The van der Waals surface area contributed by atoms with Crippen molar-refractivity contribution >= 4 is 23.2 Å². The van der Waals surface area contributed by atoms with Crippen molar-refractivity contribution in [2.75, 3.05) is 5.32 Å². The molecule has 2 N–H and O–H groups in total. The van der Waals surface area contributed by atoms with Crippen LogP contribution < -0.4 is 5.32 Å². The molecule has 1 atom stereocenters. The van der Waals surface area contributed by atoms with Crippen LogP contribution in [-0.2, 0) is 4.79 Å². The third-order valence-electron chi connectivity index (χ3n) is 5.39. The number of Topliss-reactive ketones (excluding diaryl/α,β-unsaturated/α-hetero) is 1. The van der Waals surface area contributed by atoms with Gasteiger partial charge in [0.1, 0.15) is 0 Å². The molecule has 0 saturated heterocycles. The van der Waals surface area contributed by atoms with E-state index in [1.807, 2.05) is 24.3 Å². The normalized spacial score (nSPS) is 21.5. The average Bonchev–Trinajstić information content (AvgIpc) is 2.96. The molecule has 0 saturated carbocycles. The zero-order valence-electron chi connectivity index (χ0n) is 15.6. The number of nitrogens with zero attached hydrogens (tertiary/aromatic N) is 1. The Morgan fingerprint density at radius 1 is 1.23 bits per heavy atom. The van der Waals surface area contributed by atoms with E-state index in [9.17, 15) is 4.79 Å². The van der Waals surface area contributed by atoms with Gasteiger partial charge in [0.2, 0.25) is 0 Å². The summed E-state index contributed by atoms with van der Waals surface area (Å²) in [5.41, 5.74) is 4.88. The van der Waals surface area contributed by atoms with E-state index in [0.717, 1.165) is 40.3 Å². The van der Waals surface area contributed by atoms with Crippen molar-refractivity contribution in [1.82, 2.24) is 10.2 Å². The number of nitrogens with one attached hydrogen (secondary N) is 2. The summed E-state index contributed by atoms with van der Waals surface area (Å²) in [7, 11) is 0. The first-order valence-corrected chi connectivity index (χ1v) is 9.52. The van der Waals surface area contributed by atoms with Gasteiger partial charge in [-0.1, -0.05) is 57.5 Å². The molecule has 1 aliphatic heterocycles. The van der Waals surface area contributed by atoms with E-state index in [0.29, 0.717) is 11.4 Å². The number of hydrogen-bond donors (Lipinski definition) is 2. The van der Waals surface area contributed by atoms with Gasteiger partial charge >= 0.3 is 0 Å². The molecule has 4 nitrogen and oxygen atoms in total. The summed E-state index contributed by atoms with van der Waals surface area (Å²) in [4.78, 5) is 13.2. The lowest BCUT2D eigenvalue weighted by Crippen LogP contribution is -2.34. The summed E-state index contributed by atoms with van der Waals surface area (Å²) in [5.74, 6) is 1.13. The van der Waals surface area contributed by atoms with E-state index in [-0.39, 0.29) is 23.0 Å². The molecule has 136 valence electrons. The number of H-pyrrole nitrogens is 1. The van der Waals surface area contributed by atoms with Crippen molar-refractivity contribution in [2.24, 2.45) is 5.41 Å². The summed E-state index contributed by atoms with van der Waals surface area (Å²) < 4.78 is 0. The highest BCUT2D eigenvalue weighted by molar-refractivity contribution is 6.31. The molecule has 2 aliphatic rings. The lowest BCUT2D eigenvalue weighted by atomic mass is 9.68. The van der Waals surface area contributed by atoms with Crippen molar-refractivity contribution in [3.8, 4) is 0 Å². The molecule has 0 unspecified atom stereocenters. The second kappa shape index (κ2) is 5.98. The van der Waals surface area contributed by atoms with E-state index in [4.69, 9.17) is 11.6 Å². The number of benzene rings is 1. The van der Waals surface area contributed by atoms with Crippen LogP contribution in [0.5, 0.6) is 0 Å². The highest BCUT2D eigenvalue weighted by Gasteiger charge is 2.43. The molecule has 26 heavy (non-hydrogen) atoms.